The van der Waals surface area contributed by atoms with Gasteiger partial charge in [-0.2, -0.15) is 0 Å². The van der Waals surface area contributed by atoms with Crippen molar-refractivity contribution in [1.29, 1.82) is 0 Å². The number of aryl methyl sites for hydroxylation is 2. The molecule has 0 unspecified atom stereocenters. The molecule has 2 heterocycles. The molecule has 1 saturated heterocycles. The van der Waals surface area contributed by atoms with Crippen molar-refractivity contribution in [2.45, 2.75) is 39.3 Å². The summed E-state index contributed by atoms with van der Waals surface area (Å²) < 4.78 is 0. The van der Waals surface area contributed by atoms with Gasteiger partial charge in [0.15, 0.2) is 0 Å². The van der Waals surface area contributed by atoms with E-state index in [4.69, 9.17) is 5.73 Å². The number of nitrogens with zero attached hydrogens (tertiary/aromatic N) is 1. The van der Waals surface area contributed by atoms with E-state index in [2.05, 4.69) is 10.3 Å². The first-order valence-electron chi connectivity index (χ1n) is 6.93. The van der Waals surface area contributed by atoms with Crippen LogP contribution in [0.3, 0.4) is 0 Å². The lowest BCUT2D eigenvalue weighted by Crippen LogP contribution is -2.48. The van der Waals surface area contributed by atoms with Gasteiger partial charge in [0.25, 0.3) is 5.56 Å². The molecule has 1 atom stereocenters. The number of nitrogens with two attached hydrogens (primary N) is 1. The smallest absolute Gasteiger partial charge is 0.318 e. The van der Waals surface area contributed by atoms with Gasteiger partial charge in [-0.05, 0) is 38.3 Å². The van der Waals surface area contributed by atoms with Gasteiger partial charge in [-0.15, -0.1) is 0 Å². The first-order chi connectivity index (χ1) is 9.90. The molecule has 2 rings (SSSR count). The van der Waals surface area contributed by atoms with Crippen LogP contribution in [-0.2, 0) is 11.3 Å². The Bertz CT molecular complexity index is 623. The van der Waals surface area contributed by atoms with Gasteiger partial charge in [0.2, 0.25) is 5.91 Å². The van der Waals surface area contributed by atoms with E-state index < -0.39 is 11.9 Å². The van der Waals surface area contributed by atoms with E-state index in [1.165, 1.54) is 4.90 Å². The summed E-state index contributed by atoms with van der Waals surface area (Å²) in [6.07, 6.45) is 1.35. The number of amides is 3. The number of carbonyl (C=O) groups excluding carboxylic acids is 2. The number of primary amides is 1. The predicted molar refractivity (Wildman–Crippen MR) is 77.7 cm³/mol. The molecular formula is C14H20N4O3. The fraction of sp³-hybridized carbons (Fsp3) is 0.500. The molecule has 7 nitrogen and oxygen atoms in total. The molecule has 4 N–H and O–H groups in total. The lowest BCUT2D eigenvalue weighted by molar-refractivity contribution is -0.121. The first kappa shape index (κ1) is 15.1. The minimum absolute atomic E-state index is 0.127. The molecule has 114 valence electrons. The number of likely N-dealkylation sites (tertiary alicyclic amines) is 1. The summed E-state index contributed by atoms with van der Waals surface area (Å²) in [6.45, 7) is 4.26. The van der Waals surface area contributed by atoms with Crippen molar-refractivity contribution >= 4 is 11.9 Å². The van der Waals surface area contributed by atoms with E-state index >= 15 is 0 Å². The number of nitrogens with one attached hydrogen (secondary N) is 2. The molecule has 1 fully saturated rings. The van der Waals surface area contributed by atoms with E-state index in [-0.39, 0.29) is 18.1 Å². The number of H-pyrrole nitrogens is 1. The van der Waals surface area contributed by atoms with Crippen LogP contribution in [0.2, 0.25) is 0 Å². The number of rotatable bonds is 3. The molecule has 3 amide bonds. The van der Waals surface area contributed by atoms with Crippen molar-refractivity contribution in [3.63, 3.8) is 0 Å². The number of carbonyl (C=O) groups is 2. The average Bonchev–Trinajstić information content (AvgIpc) is 2.86. The zero-order valence-corrected chi connectivity index (χ0v) is 12.2. The lowest BCUT2D eigenvalue weighted by Gasteiger charge is -2.22. The third-order valence-electron chi connectivity index (χ3n) is 3.75. The van der Waals surface area contributed by atoms with Crippen molar-refractivity contribution in [3.05, 3.63) is 33.2 Å². The lowest BCUT2D eigenvalue weighted by atomic mass is 10.1. The Morgan fingerprint density at radius 2 is 2.19 bits per heavy atom. The maximum atomic E-state index is 12.1. The fourth-order valence-electron chi connectivity index (χ4n) is 2.67. The summed E-state index contributed by atoms with van der Waals surface area (Å²) in [5, 5.41) is 2.69. The van der Waals surface area contributed by atoms with Crippen LogP contribution in [0.5, 0.6) is 0 Å². The minimum atomic E-state index is -0.553. The molecule has 0 spiro atoms. The van der Waals surface area contributed by atoms with Gasteiger partial charge < -0.3 is 20.9 Å². The highest BCUT2D eigenvalue weighted by Gasteiger charge is 2.32. The average molecular weight is 292 g/mol. The summed E-state index contributed by atoms with van der Waals surface area (Å²) in [7, 11) is 0. The van der Waals surface area contributed by atoms with Crippen molar-refractivity contribution in [2.75, 3.05) is 6.54 Å². The molecule has 0 radical (unpaired) electrons. The second-order valence-electron chi connectivity index (χ2n) is 5.36. The number of pyridine rings is 1. The van der Waals surface area contributed by atoms with E-state index in [9.17, 15) is 14.4 Å². The van der Waals surface area contributed by atoms with E-state index in [0.717, 1.165) is 17.7 Å². The van der Waals surface area contributed by atoms with Gasteiger partial charge in [0.1, 0.15) is 6.04 Å². The Labute approximate surface area is 122 Å². The van der Waals surface area contributed by atoms with Gasteiger partial charge in [-0.1, -0.05) is 0 Å². The quantitative estimate of drug-likeness (QED) is 0.738. The van der Waals surface area contributed by atoms with Crippen molar-refractivity contribution in [3.8, 4) is 0 Å². The highest BCUT2D eigenvalue weighted by molar-refractivity contribution is 5.86. The van der Waals surface area contributed by atoms with Crippen molar-refractivity contribution in [2.24, 2.45) is 5.73 Å². The Morgan fingerprint density at radius 3 is 2.81 bits per heavy atom. The third kappa shape index (κ3) is 3.24. The summed E-state index contributed by atoms with van der Waals surface area (Å²) in [5.74, 6) is -0.494. The molecule has 0 saturated carbocycles. The van der Waals surface area contributed by atoms with Gasteiger partial charge in [0, 0.05) is 17.8 Å². The largest absolute Gasteiger partial charge is 0.368 e. The molecule has 0 aromatic carbocycles. The van der Waals surface area contributed by atoms with Crippen LogP contribution in [0.1, 0.15) is 29.7 Å². The number of aromatic amines is 1. The van der Waals surface area contributed by atoms with Crippen LogP contribution in [0.15, 0.2) is 10.9 Å². The van der Waals surface area contributed by atoms with Crippen LogP contribution in [0, 0.1) is 13.8 Å². The molecule has 1 aliphatic rings. The Kier molecular flexibility index (Phi) is 4.30. The summed E-state index contributed by atoms with van der Waals surface area (Å²) >= 11 is 0. The molecular weight excluding hydrogens is 272 g/mol. The van der Waals surface area contributed by atoms with Crippen LogP contribution >= 0.6 is 0 Å². The monoisotopic (exact) mass is 292 g/mol. The zero-order chi connectivity index (χ0) is 15.6. The maximum absolute atomic E-state index is 12.1. The normalized spacial score (nSPS) is 17.8. The highest BCUT2D eigenvalue weighted by atomic mass is 16.2. The van der Waals surface area contributed by atoms with Crippen LogP contribution in [0.25, 0.3) is 0 Å². The third-order valence-corrected chi connectivity index (χ3v) is 3.75. The summed E-state index contributed by atoms with van der Waals surface area (Å²) in [5.41, 5.74) is 7.19. The molecule has 21 heavy (non-hydrogen) atoms. The zero-order valence-electron chi connectivity index (χ0n) is 12.2. The SMILES string of the molecule is Cc1cc(C)c(CNC(=O)N2CCC[C@@H]2C(N)=O)c(=O)[nH]1. The van der Waals surface area contributed by atoms with Gasteiger partial charge in [-0.3, -0.25) is 9.59 Å². The maximum Gasteiger partial charge on any atom is 0.318 e. The van der Waals surface area contributed by atoms with Crippen molar-refractivity contribution < 1.29 is 9.59 Å². The molecule has 0 bridgehead atoms. The molecule has 1 aromatic rings. The first-order valence-corrected chi connectivity index (χ1v) is 6.93. The molecule has 7 heteroatoms. The predicted octanol–water partition coefficient (Wildman–Crippen LogP) is 0.151. The van der Waals surface area contributed by atoms with E-state index in [1.54, 1.807) is 6.92 Å². The minimum Gasteiger partial charge on any atom is -0.368 e. The Hall–Kier alpha value is -2.31. The number of urea groups is 1. The summed E-state index contributed by atoms with van der Waals surface area (Å²) in [4.78, 5) is 39.4. The van der Waals surface area contributed by atoms with Gasteiger partial charge in [-0.25, -0.2) is 4.79 Å². The second kappa shape index (κ2) is 5.99. The fourth-order valence-corrected chi connectivity index (χ4v) is 2.67. The molecule has 1 aliphatic heterocycles. The van der Waals surface area contributed by atoms with E-state index in [0.29, 0.717) is 18.5 Å². The standard InChI is InChI=1S/C14H20N4O3/c1-8-6-9(2)17-13(20)10(8)7-16-14(21)18-5-3-4-11(18)12(15)19/h6,11H,3-5,7H2,1-2H3,(H2,15,19)(H,16,21)(H,17,20)/t11-/m1/s1. The highest BCUT2D eigenvalue weighted by Crippen LogP contribution is 2.16. The number of hydrogen-bond acceptors (Lipinski definition) is 3. The molecule has 1 aromatic heterocycles. The number of aromatic nitrogens is 1. The van der Waals surface area contributed by atoms with Crippen LogP contribution in [0.4, 0.5) is 4.79 Å². The number of hydrogen-bond donors (Lipinski definition) is 3. The summed E-state index contributed by atoms with van der Waals surface area (Å²) in [6, 6.07) is 0.934. The van der Waals surface area contributed by atoms with Crippen LogP contribution in [-0.4, -0.2) is 34.4 Å². The topological polar surface area (TPSA) is 108 Å². The van der Waals surface area contributed by atoms with Gasteiger partial charge >= 0.3 is 6.03 Å². The molecule has 0 aliphatic carbocycles. The van der Waals surface area contributed by atoms with E-state index in [1.807, 2.05) is 13.0 Å². The second-order valence-corrected chi connectivity index (χ2v) is 5.36. The van der Waals surface area contributed by atoms with Crippen molar-refractivity contribution in [1.82, 2.24) is 15.2 Å². The van der Waals surface area contributed by atoms with Crippen LogP contribution < -0.4 is 16.6 Å². The Balaban J connectivity index is 2.05. The Morgan fingerprint density at radius 1 is 1.48 bits per heavy atom. The van der Waals surface area contributed by atoms with Gasteiger partial charge in [0.05, 0.1) is 6.54 Å².